The summed E-state index contributed by atoms with van der Waals surface area (Å²) in [5.74, 6) is -0.999. The average molecular weight is 363 g/mol. The summed E-state index contributed by atoms with van der Waals surface area (Å²) in [5, 5.41) is 3.42. The summed E-state index contributed by atoms with van der Waals surface area (Å²) in [5.41, 5.74) is -0.0935. The minimum atomic E-state index is -0.507. The highest BCUT2D eigenvalue weighted by Crippen LogP contribution is 2.26. The van der Waals surface area contributed by atoms with E-state index in [1.165, 1.54) is 12.1 Å². The van der Waals surface area contributed by atoms with Crippen molar-refractivity contribution in [1.82, 2.24) is 10.2 Å². The molecule has 0 spiro atoms. The minimum absolute atomic E-state index is 0.0502. The van der Waals surface area contributed by atoms with Crippen LogP contribution in [0.5, 0.6) is 0 Å². The predicted octanol–water partition coefficient (Wildman–Crippen LogP) is 3.98. The van der Waals surface area contributed by atoms with E-state index in [0.29, 0.717) is 10.9 Å². The maximum Gasteiger partial charge on any atom is 0.143 e. The number of hydrogen-bond acceptors (Lipinski definition) is 2. The fourth-order valence-electron chi connectivity index (χ4n) is 2.16. The van der Waals surface area contributed by atoms with Crippen LogP contribution in [-0.2, 0) is 6.42 Å². The summed E-state index contributed by atoms with van der Waals surface area (Å²) in [6.45, 7) is 7.05. The SMILES string of the molecule is CCCNC(Cc1c(F)ccc(Br)c1F)C(C)(C)N(C)C. The Hall–Kier alpha value is -0.520. The van der Waals surface area contributed by atoms with Crippen LogP contribution in [0.25, 0.3) is 0 Å². The number of nitrogens with one attached hydrogen (secondary N) is 1. The zero-order valence-corrected chi connectivity index (χ0v) is 15.0. The van der Waals surface area contributed by atoms with Gasteiger partial charge in [-0.3, -0.25) is 0 Å². The van der Waals surface area contributed by atoms with Gasteiger partial charge in [0.1, 0.15) is 11.6 Å². The lowest BCUT2D eigenvalue weighted by atomic mass is 9.87. The first-order chi connectivity index (χ1) is 9.71. The van der Waals surface area contributed by atoms with Gasteiger partial charge in [0.25, 0.3) is 0 Å². The zero-order valence-electron chi connectivity index (χ0n) is 13.4. The Morgan fingerprint density at radius 3 is 2.43 bits per heavy atom. The van der Waals surface area contributed by atoms with Crippen molar-refractivity contribution in [2.75, 3.05) is 20.6 Å². The van der Waals surface area contributed by atoms with Crippen LogP contribution in [0.3, 0.4) is 0 Å². The monoisotopic (exact) mass is 362 g/mol. The molecule has 1 atom stereocenters. The number of rotatable bonds is 7. The summed E-state index contributed by atoms with van der Waals surface area (Å²) in [7, 11) is 3.96. The molecule has 0 saturated heterocycles. The van der Waals surface area contributed by atoms with E-state index < -0.39 is 11.6 Å². The van der Waals surface area contributed by atoms with Crippen molar-refractivity contribution in [2.24, 2.45) is 0 Å². The third-order valence-corrected chi connectivity index (χ3v) is 4.81. The highest BCUT2D eigenvalue weighted by molar-refractivity contribution is 9.10. The summed E-state index contributed by atoms with van der Waals surface area (Å²) < 4.78 is 28.5. The van der Waals surface area contributed by atoms with E-state index in [-0.39, 0.29) is 17.1 Å². The lowest BCUT2D eigenvalue weighted by Gasteiger charge is -2.41. The van der Waals surface area contributed by atoms with E-state index in [2.05, 4.69) is 46.9 Å². The van der Waals surface area contributed by atoms with E-state index in [4.69, 9.17) is 0 Å². The first-order valence-corrected chi connectivity index (χ1v) is 8.04. The standard InChI is InChI=1S/C16H25BrF2N2/c1-6-9-20-14(16(2,3)21(4)5)10-11-13(18)8-7-12(17)15(11)19/h7-8,14,20H,6,9-10H2,1-5H3. The van der Waals surface area contributed by atoms with Gasteiger partial charge >= 0.3 is 0 Å². The molecule has 0 bridgehead atoms. The second-order valence-corrected chi connectivity index (χ2v) is 6.94. The van der Waals surface area contributed by atoms with Crippen molar-refractivity contribution in [3.05, 3.63) is 33.8 Å². The molecule has 1 aromatic rings. The van der Waals surface area contributed by atoms with Crippen LogP contribution in [0.15, 0.2) is 16.6 Å². The number of halogens is 3. The molecule has 0 fully saturated rings. The fraction of sp³-hybridized carbons (Fsp3) is 0.625. The molecule has 5 heteroatoms. The highest BCUT2D eigenvalue weighted by Gasteiger charge is 2.32. The average Bonchev–Trinajstić information content (AvgIpc) is 2.42. The third kappa shape index (κ3) is 4.47. The van der Waals surface area contributed by atoms with Gasteiger partial charge < -0.3 is 10.2 Å². The zero-order chi connectivity index (χ0) is 16.2. The van der Waals surface area contributed by atoms with Crippen molar-refractivity contribution in [3.63, 3.8) is 0 Å². The van der Waals surface area contributed by atoms with Gasteiger partial charge in [0.05, 0.1) is 4.47 Å². The van der Waals surface area contributed by atoms with Crippen LogP contribution in [0, 0.1) is 11.6 Å². The lowest BCUT2D eigenvalue weighted by Crippen LogP contribution is -2.56. The summed E-state index contributed by atoms with van der Waals surface area (Å²) in [4.78, 5) is 2.08. The smallest absolute Gasteiger partial charge is 0.143 e. The molecule has 0 aliphatic rings. The van der Waals surface area contributed by atoms with Gasteiger partial charge in [-0.2, -0.15) is 0 Å². The Morgan fingerprint density at radius 1 is 1.29 bits per heavy atom. The molecular formula is C16H25BrF2N2. The molecule has 21 heavy (non-hydrogen) atoms. The highest BCUT2D eigenvalue weighted by atomic mass is 79.9. The molecular weight excluding hydrogens is 338 g/mol. The minimum Gasteiger partial charge on any atom is -0.312 e. The molecule has 1 aromatic carbocycles. The van der Waals surface area contributed by atoms with Crippen LogP contribution < -0.4 is 5.32 Å². The normalized spacial score (nSPS) is 13.8. The molecule has 0 heterocycles. The van der Waals surface area contributed by atoms with Crippen molar-refractivity contribution >= 4 is 15.9 Å². The molecule has 0 aromatic heterocycles. The largest absolute Gasteiger partial charge is 0.312 e. The number of likely N-dealkylation sites (N-methyl/N-ethyl adjacent to an activating group) is 1. The molecule has 1 rings (SSSR count). The predicted molar refractivity (Wildman–Crippen MR) is 87.6 cm³/mol. The Kier molecular flexibility index (Phi) is 6.75. The Labute approximate surface area is 135 Å². The summed E-state index contributed by atoms with van der Waals surface area (Å²) in [6.07, 6.45) is 1.28. The second-order valence-electron chi connectivity index (χ2n) is 6.08. The molecule has 120 valence electrons. The van der Waals surface area contributed by atoms with Gasteiger partial charge in [-0.1, -0.05) is 6.92 Å². The Bertz CT molecular complexity index is 476. The van der Waals surface area contributed by atoms with Gasteiger partial charge in [0, 0.05) is 17.1 Å². The van der Waals surface area contributed by atoms with Gasteiger partial charge in [0.15, 0.2) is 0 Å². The van der Waals surface area contributed by atoms with E-state index >= 15 is 0 Å². The van der Waals surface area contributed by atoms with Crippen LogP contribution in [-0.4, -0.2) is 37.1 Å². The van der Waals surface area contributed by atoms with E-state index in [9.17, 15) is 8.78 Å². The maximum atomic E-state index is 14.2. The quantitative estimate of drug-likeness (QED) is 0.738. The van der Waals surface area contributed by atoms with Crippen molar-refractivity contribution in [3.8, 4) is 0 Å². The lowest BCUT2D eigenvalue weighted by molar-refractivity contribution is 0.136. The summed E-state index contributed by atoms with van der Waals surface area (Å²) >= 11 is 3.13. The topological polar surface area (TPSA) is 15.3 Å². The molecule has 0 aliphatic carbocycles. The molecule has 1 N–H and O–H groups in total. The first kappa shape index (κ1) is 18.5. The first-order valence-electron chi connectivity index (χ1n) is 7.25. The number of nitrogens with zero attached hydrogens (tertiary/aromatic N) is 1. The molecule has 0 amide bonds. The molecule has 2 nitrogen and oxygen atoms in total. The van der Waals surface area contributed by atoms with Crippen molar-refractivity contribution < 1.29 is 8.78 Å². The van der Waals surface area contributed by atoms with Crippen LogP contribution >= 0.6 is 15.9 Å². The van der Waals surface area contributed by atoms with Crippen LogP contribution in [0.1, 0.15) is 32.8 Å². The third-order valence-electron chi connectivity index (χ3n) is 4.19. The number of benzene rings is 1. The van der Waals surface area contributed by atoms with E-state index in [1.807, 2.05) is 14.1 Å². The van der Waals surface area contributed by atoms with Crippen molar-refractivity contribution in [1.29, 1.82) is 0 Å². The number of hydrogen-bond donors (Lipinski definition) is 1. The Morgan fingerprint density at radius 2 is 1.90 bits per heavy atom. The second kappa shape index (κ2) is 7.65. The molecule has 0 aliphatic heterocycles. The van der Waals surface area contributed by atoms with E-state index in [1.54, 1.807) is 0 Å². The van der Waals surface area contributed by atoms with Gasteiger partial charge in [-0.25, -0.2) is 8.78 Å². The molecule has 0 radical (unpaired) electrons. The maximum absolute atomic E-state index is 14.2. The molecule has 0 saturated carbocycles. The fourth-order valence-corrected chi connectivity index (χ4v) is 2.53. The van der Waals surface area contributed by atoms with Gasteiger partial charge in [-0.15, -0.1) is 0 Å². The molecule has 1 unspecified atom stereocenters. The van der Waals surface area contributed by atoms with E-state index in [0.717, 1.165) is 13.0 Å². The summed E-state index contributed by atoms with van der Waals surface area (Å²) in [6, 6.07) is 2.66. The Balaban J connectivity index is 3.10. The van der Waals surface area contributed by atoms with Gasteiger partial charge in [-0.05, 0) is 75.4 Å². The van der Waals surface area contributed by atoms with Crippen LogP contribution in [0.2, 0.25) is 0 Å². The van der Waals surface area contributed by atoms with Crippen LogP contribution in [0.4, 0.5) is 8.78 Å². The van der Waals surface area contributed by atoms with Crippen molar-refractivity contribution in [2.45, 2.75) is 45.2 Å². The van der Waals surface area contributed by atoms with Gasteiger partial charge in [0.2, 0.25) is 0 Å².